The number of H-pyrrole nitrogens is 2. The van der Waals surface area contributed by atoms with Gasteiger partial charge in [-0.3, -0.25) is 9.59 Å². The number of hydrogen-bond acceptors (Lipinski definition) is 7. The van der Waals surface area contributed by atoms with Crippen molar-refractivity contribution in [3.05, 3.63) is 82.5 Å². The van der Waals surface area contributed by atoms with Crippen LogP contribution in [0.5, 0.6) is 5.75 Å². The lowest BCUT2D eigenvalue weighted by Crippen LogP contribution is -2.48. The van der Waals surface area contributed by atoms with Gasteiger partial charge in [0.25, 0.3) is 11.8 Å². The van der Waals surface area contributed by atoms with Gasteiger partial charge in [0.1, 0.15) is 11.4 Å². The molecule has 1 fully saturated rings. The van der Waals surface area contributed by atoms with Crippen molar-refractivity contribution in [1.29, 1.82) is 0 Å². The molecule has 258 valence electrons. The second-order valence-corrected chi connectivity index (χ2v) is 14.0. The highest BCUT2D eigenvalue weighted by Gasteiger charge is 2.37. The number of aromatic nitrogens is 2. The van der Waals surface area contributed by atoms with Crippen molar-refractivity contribution in [2.24, 2.45) is 0 Å². The quantitative estimate of drug-likeness (QED) is 0.110. The number of halogens is 2. The number of piperazine rings is 1. The van der Waals surface area contributed by atoms with E-state index in [-0.39, 0.29) is 30.1 Å². The third-order valence-corrected chi connectivity index (χ3v) is 11.0. The molecule has 3 aromatic heterocycles. The number of nitrogens with zero attached hydrogens (tertiary/aromatic N) is 3. The molecule has 0 unspecified atom stereocenters. The zero-order valence-electron chi connectivity index (χ0n) is 27.3. The lowest BCUT2D eigenvalue weighted by Gasteiger charge is -2.31. The van der Waals surface area contributed by atoms with Crippen molar-refractivity contribution in [2.45, 2.75) is 12.8 Å². The molecule has 1 atom stereocenters. The molecular weight excluding hydrogens is 697 g/mol. The highest BCUT2D eigenvalue weighted by Crippen LogP contribution is 2.49. The first-order valence-corrected chi connectivity index (χ1v) is 17.5. The molecule has 2 aliphatic heterocycles. The number of nitrogens with one attached hydrogen (secondary N) is 3. The van der Waals surface area contributed by atoms with Crippen LogP contribution in [0, 0.1) is 6.92 Å². The van der Waals surface area contributed by atoms with Gasteiger partial charge in [-0.25, -0.2) is 4.79 Å². The average molecular weight is 733 g/mol. The third kappa shape index (κ3) is 5.91. The Hall–Kier alpha value is -4.75. The van der Waals surface area contributed by atoms with E-state index in [1.54, 1.807) is 34.1 Å². The number of carbonyl (C=O) groups is 3. The van der Waals surface area contributed by atoms with E-state index in [4.69, 9.17) is 22.1 Å². The predicted molar refractivity (Wildman–Crippen MR) is 203 cm³/mol. The number of ether oxygens (including phenoxy) is 1. The summed E-state index contributed by atoms with van der Waals surface area (Å²) in [5.74, 6) is 0.170. The Kier molecular flexibility index (Phi) is 8.89. The maximum Gasteiger partial charge on any atom is 0.415 e. The number of thiophene rings is 1. The van der Waals surface area contributed by atoms with Crippen LogP contribution in [0.3, 0.4) is 0 Å². The number of benzene rings is 3. The summed E-state index contributed by atoms with van der Waals surface area (Å²) < 4.78 is 6.92. The summed E-state index contributed by atoms with van der Waals surface area (Å²) in [6, 6.07) is 16.3. The highest BCUT2D eigenvalue weighted by atomic mass is 35.5. The summed E-state index contributed by atoms with van der Waals surface area (Å²) in [6.07, 6.45) is -0.391. The van der Waals surface area contributed by atoms with Crippen molar-refractivity contribution < 1.29 is 19.1 Å². The first-order valence-electron chi connectivity index (χ1n) is 16.1. The van der Waals surface area contributed by atoms with Gasteiger partial charge < -0.3 is 40.5 Å². The summed E-state index contributed by atoms with van der Waals surface area (Å²) in [6.45, 7) is 5.18. The first kappa shape index (κ1) is 33.7. The molecule has 11 nitrogen and oxygen atoms in total. The van der Waals surface area contributed by atoms with Crippen LogP contribution in [-0.2, 0) is 0 Å². The molecule has 3 amide bonds. The fourth-order valence-corrected chi connectivity index (χ4v) is 8.16. The van der Waals surface area contributed by atoms with Crippen molar-refractivity contribution in [3.8, 4) is 5.75 Å². The van der Waals surface area contributed by atoms with Crippen molar-refractivity contribution in [1.82, 2.24) is 19.8 Å². The lowest BCUT2D eigenvalue weighted by molar-refractivity contribution is 0.0982. The summed E-state index contributed by atoms with van der Waals surface area (Å²) in [7, 11) is 2.04. The lowest BCUT2D eigenvalue weighted by atomic mass is 9.97. The largest absolute Gasteiger partial charge is 0.415 e. The number of likely N-dealkylation sites (N-methyl/N-ethyl adjacent to an activating group) is 1. The fourth-order valence-electron chi connectivity index (χ4n) is 6.89. The number of amides is 3. The molecule has 8 rings (SSSR count). The third-order valence-electron chi connectivity index (χ3n) is 9.50. The van der Waals surface area contributed by atoms with Crippen LogP contribution < -0.4 is 20.7 Å². The average Bonchev–Trinajstić information content (AvgIpc) is 3.88. The molecule has 0 saturated carbocycles. The normalized spacial score (nSPS) is 16.2. The van der Waals surface area contributed by atoms with Crippen LogP contribution >= 0.6 is 35.3 Å². The number of rotatable bonds is 5. The van der Waals surface area contributed by atoms with Gasteiger partial charge in [0.05, 0.1) is 10.4 Å². The molecule has 2 aliphatic rings. The molecule has 50 heavy (non-hydrogen) atoms. The van der Waals surface area contributed by atoms with Crippen LogP contribution in [0.25, 0.3) is 31.9 Å². The van der Waals surface area contributed by atoms with Gasteiger partial charge in [-0.2, -0.15) is 0 Å². The van der Waals surface area contributed by atoms with Crippen LogP contribution in [0.15, 0.2) is 60.0 Å². The standard InChI is InChI=1S/C36H34ClN7O4S.ClH/c1-19-18-49-33-30(48-36(47)43-9-7-42(2)8-10-43)15-29-32(31(19)33)22(16-37)17-44(29)35(46)28-14-21-12-24(4-6-26(21)41-28)39-34(45)27-13-20-11-23(38)3-5-25(20)40-27;/h3-6,11-15,18,22,40-41H,7-10,16-17,38H2,1-2H3,(H,39,45);1H/t22-;/m1./s1. The molecule has 0 radical (unpaired) electrons. The monoisotopic (exact) mass is 731 g/mol. The Bertz CT molecular complexity index is 2310. The topological polar surface area (TPSA) is 140 Å². The Morgan fingerprint density at radius 1 is 0.980 bits per heavy atom. The van der Waals surface area contributed by atoms with Crippen LogP contribution in [0.4, 0.5) is 21.9 Å². The smallest absolute Gasteiger partial charge is 0.409 e. The maximum atomic E-state index is 14.2. The number of nitrogens with two attached hydrogens (primary N) is 1. The van der Waals surface area contributed by atoms with Gasteiger partial charge in [0, 0.05) is 89.2 Å². The van der Waals surface area contributed by atoms with E-state index in [0.29, 0.717) is 59.7 Å². The van der Waals surface area contributed by atoms with Gasteiger partial charge in [-0.1, -0.05) is 0 Å². The summed E-state index contributed by atoms with van der Waals surface area (Å²) in [5.41, 5.74) is 12.2. The van der Waals surface area contributed by atoms with Gasteiger partial charge in [-0.15, -0.1) is 35.3 Å². The molecule has 6 aromatic rings. The first-order chi connectivity index (χ1) is 23.7. The van der Waals surface area contributed by atoms with Gasteiger partial charge >= 0.3 is 6.09 Å². The van der Waals surface area contributed by atoms with Gasteiger partial charge in [-0.05, 0) is 79.0 Å². The number of hydrogen-bond donors (Lipinski definition) is 4. The molecule has 0 bridgehead atoms. The van der Waals surface area contributed by atoms with E-state index >= 15 is 0 Å². The Labute approximate surface area is 302 Å². The van der Waals surface area contributed by atoms with E-state index in [1.807, 2.05) is 44.3 Å². The zero-order valence-corrected chi connectivity index (χ0v) is 29.7. The zero-order chi connectivity index (χ0) is 34.0. The Morgan fingerprint density at radius 3 is 2.44 bits per heavy atom. The van der Waals surface area contributed by atoms with E-state index in [1.165, 1.54) is 11.3 Å². The van der Waals surface area contributed by atoms with E-state index in [0.717, 1.165) is 56.1 Å². The molecule has 0 aliphatic carbocycles. The van der Waals surface area contributed by atoms with Crippen molar-refractivity contribution >= 4 is 102 Å². The van der Waals surface area contributed by atoms with Crippen molar-refractivity contribution in [2.75, 3.05) is 61.6 Å². The summed E-state index contributed by atoms with van der Waals surface area (Å²) in [5, 5.41) is 7.60. The number of aryl methyl sites for hydroxylation is 1. The molecule has 3 aromatic carbocycles. The van der Waals surface area contributed by atoms with Crippen LogP contribution in [0.2, 0.25) is 0 Å². The SMILES string of the molecule is Cc1csc2c(OC(=O)N3CCN(C)CC3)cc3c(c12)[C@H](CCl)CN3C(=O)c1cc2cc(NC(=O)c3cc4cc(N)ccc4[nH]3)ccc2[nH]1.Cl. The van der Waals surface area contributed by atoms with Gasteiger partial charge in [0.15, 0.2) is 5.75 Å². The summed E-state index contributed by atoms with van der Waals surface area (Å²) in [4.78, 5) is 52.6. The highest BCUT2D eigenvalue weighted by molar-refractivity contribution is 7.17. The van der Waals surface area contributed by atoms with E-state index in [2.05, 4.69) is 25.6 Å². The molecule has 14 heteroatoms. The second-order valence-electron chi connectivity index (χ2n) is 12.8. The van der Waals surface area contributed by atoms with Crippen LogP contribution in [-0.4, -0.2) is 83.3 Å². The minimum absolute atomic E-state index is 0. The van der Waals surface area contributed by atoms with Gasteiger partial charge in [0.2, 0.25) is 0 Å². The van der Waals surface area contributed by atoms with Crippen LogP contribution in [0.1, 0.15) is 38.0 Å². The van der Waals surface area contributed by atoms with Crippen molar-refractivity contribution in [3.63, 3.8) is 0 Å². The molecule has 1 saturated heterocycles. The number of anilines is 3. The minimum Gasteiger partial charge on any atom is -0.409 e. The second kappa shape index (κ2) is 13.2. The predicted octanol–water partition coefficient (Wildman–Crippen LogP) is 7.16. The number of aromatic amines is 2. The maximum absolute atomic E-state index is 14.2. The minimum atomic E-state index is -0.391. The van der Waals surface area contributed by atoms with E-state index < -0.39 is 6.09 Å². The Balaban J connectivity index is 0.00000392. The molecule has 0 spiro atoms. The number of carbonyl (C=O) groups excluding carboxylic acids is 3. The summed E-state index contributed by atoms with van der Waals surface area (Å²) >= 11 is 8.05. The molecule has 5 heterocycles. The molecule has 5 N–H and O–H groups in total. The Morgan fingerprint density at radius 2 is 1.68 bits per heavy atom. The number of fused-ring (bicyclic) bond motifs is 5. The number of alkyl halides is 1. The van der Waals surface area contributed by atoms with E-state index in [9.17, 15) is 14.4 Å². The fraction of sp³-hybridized carbons (Fsp3) is 0.250. The molecular formula is C36H35Cl2N7O4S. The number of nitrogen functional groups attached to an aromatic ring is 1.